The molecule has 0 aromatic heterocycles. The average molecular weight is 179 g/mol. The highest BCUT2D eigenvalue weighted by Crippen LogP contribution is 2.17. The van der Waals surface area contributed by atoms with Gasteiger partial charge in [0.05, 0.1) is 12.6 Å². The van der Waals surface area contributed by atoms with E-state index in [4.69, 9.17) is 21.1 Å². The van der Waals surface area contributed by atoms with Crippen molar-refractivity contribution in [2.24, 2.45) is 5.73 Å². The highest BCUT2D eigenvalue weighted by Gasteiger charge is 2.41. The normalized spacial score (nSPS) is 49.2. The van der Waals surface area contributed by atoms with Crippen LogP contribution in [0.5, 0.6) is 0 Å². The fourth-order valence-corrected chi connectivity index (χ4v) is 1.13. The summed E-state index contributed by atoms with van der Waals surface area (Å²) >= 11 is 0. The SMILES string of the molecule is N[C@@H]1[C@H](O)C(CO)OC(O)[C@@H]1O. The first-order valence-electron chi connectivity index (χ1n) is 3.64. The summed E-state index contributed by atoms with van der Waals surface area (Å²) in [5.41, 5.74) is 5.33. The molecule has 0 radical (unpaired) electrons. The van der Waals surface area contributed by atoms with Crippen LogP contribution < -0.4 is 5.73 Å². The molecule has 0 amide bonds. The minimum atomic E-state index is -1.44. The van der Waals surface area contributed by atoms with Gasteiger partial charge in [-0.1, -0.05) is 0 Å². The summed E-state index contributed by atoms with van der Waals surface area (Å²) in [6, 6.07) is -0.995. The van der Waals surface area contributed by atoms with E-state index in [-0.39, 0.29) is 0 Å². The average Bonchev–Trinajstić information content (AvgIpc) is 2.08. The van der Waals surface area contributed by atoms with Gasteiger partial charge in [0.1, 0.15) is 18.3 Å². The lowest BCUT2D eigenvalue weighted by atomic mass is 9.97. The molecule has 12 heavy (non-hydrogen) atoms. The van der Waals surface area contributed by atoms with Crippen molar-refractivity contribution in [2.75, 3.05) is 6.61 Å². The third kappa shape index (κ3) is 1.58. The van der Waals surface area contributed by atoms with Crippen LogP contribution in [-0.4, -0.2) is 57.7 Å². The maximum Gasteiger partial charge on any atom is 0.183 e. The molecular formula is C6H13NO5. The van der Waals surface area contributed by atoms with Gasteiger partial charge in [-0.15, -0.1) is 0 Å². The third-order valence-electron chi connectivity index (χ3n) is 1.96. The molecule has 1 heterocycles. The molecule has 1 aliphatic rings. The summed E-state index contributed by atoms with van der Waals surface area (Å²) in [6.45, 7) is -0.446. The van der Waals surface area contributed by atoms with Crippen molar-refractivity contribution in [3.05, 3.63) is 0 Å². The zero-order chi connectivity index (χ0) is 9.30. The van der Waals surface area contributed by atoms with Crippen LogP contribution in [-0.2, 0) is 4.74 Å². The second-order valence-corrected chi connectivity index (χ2v) is 2.81. The highest BCUT2D eigenvalue weighted by molar-refractivity contribution is 4.90. The first-order valence-corrected chi connectivity index (χ1v) is 3.64. The molecule has 2 unspecified atom stereocenters. The molecule has 1 rings (SSSR count). The summed E-state index contributed by atoms with van der Waals surface area (Å²) in [6.07, 6.45) is -4.85. The highest BCUT2D eigenvalue weighted by atomic mass is 16.6. The van der Waals surface area contributed by atoms with E-state index in [2.05, 4.69) is 4.74 Å². The first-order chi connectivity index (χ1) is 5.57. The molecule has 0 aromatic carbocycles. The Hall–Kier alpha value is -0.240. The summed E-state index contributed by atoms with van der Waals surface area (Å²) < 4.78 is 4.66. The number of hydrogen-bond donors (Lipinski definition) is 5. The molecule has 0 saturated carbocycles. The molecule has 1 fully saturated rings. The Balaban J connectivity index is 2.63. The zero-order valence-electron chi connectivity index (χ0n) is 6.37. The number of rotatable bonds is 1. The molecule has 6 N–H and O–H groups in total. The molecular weight excluding hydrogens is 166 g/mol. The van der Waals surface area contributed by atoms with Gasteiger partial charge in [0.25, 0.3) is 0 Å². The maximum atomic E-state index is 9.24. The van der Waals surface area contributed by atoms with Crippen molar-refractivity contribution in [1.82, 2.24) is 0 Å². The lowest BCUT2D eigenvalue weighted by Gasteiger charge is -2.38. The standard InChI is InChI=1S/C6H13NO5/c7-3-4(9)2(1-8)12-6(11)5(3)10/h2-6,8-11H,1,7H2/t2?,3-,4-,5-,6?/m1/s1. The molecule has 5 atom stereocenters. The summed E-state index contributed by atoms with van der Waals surface area (Å²) in [7, 11) is 0. The van der Waals surface area contributed by atoms with E-state index < -0.39 is 37.3 Å². The molecule has 72 valence electrons. The quantitative estimate of drug-likeness (QED) is 0.288. The van der Waals surface area contributed by atoms with Crippen molar-refractivity contribution >= 4 is 0 Å². The van der Waals surface area contributed by atoms with Gasteiger partial charge in [-0.05, 0) is 0 Å². The molecule has 0 aliphatic carbocycles. The molecule has 0 aromatic rings. The van der Waals surface area contributed by atoms with Crippen molar-refractivity contribution in [3.8, 4) is 0 Å². The van der Waals surface area contributed by atoms with Gasteiger partial charge in [-0.2, -0.15) is 0 Å². The van der Waals surface area contributed by atoms with Crippen molar-refractivity contribution in [1.29, 1.82) is 0 Å². The predicted molar refractivity (Wildman–Crippen MR) is 38.0 cm³/mol. The van der Waals surface area contributed by atoms with Crippen LogP contribution in [0.25, 0.3) is 0 Å². The van der Waals surface area contributed by atoms with E-state index in [1.165, 1.54) is 0 Å². The van der Waals surface area contributed by atoms with Gasteiger partial charge in [-0.25, -0.2) is 0 Å². The maximum absolute atomic E-state index is 9.24. The zero-order valence-corrected chi connectivity index (χ0v) is 6.37. The van der Waals surface area contributed by atoms with Crippen LogP contribution in [0.2, 0.25) is 0 Å². The number of aliphatic hydroxyl groups excluding tert-OH is 4. The van der Waals surface area contributed by atoms with Gasteiger partial charge >= 0.3 is 0 Å². The largest absolute Gasteiger partial charge is 0.394 e. The van der Waals surface area contributed by atoms with Gasteiger partial charge in [-0.3, -0.25) is 0 Å². The molecule has 0 spiro atoms. The number of hydrogen-bond acceptors (Lipinski definition) is 6. The minimum absolute atomic E-state index is 0.446. The van der Waals surface area contributed by atoms with Crippen LogP contribution >= 0.6 is 0 Å². The summed E-state index contributed by atoms with van der Waals surface area (Å²) in [5.74, 6) is 0. The Kier molecular flexibility index (Phi) is 2.99. The van der Waals surface area contributed by atoms with Crippen LogP contribution in [0.15, 0.2) is 0 Å². The van der Waals surface area contributed by atoms with E-state index in [9.17, 15) is 5.11 Å². The van der Waals surface area contributed by atoms with Gasteiger partial charge in [0.15, 0.2) is 6.29 Å². The smallest absolute Gasteiger partial charge is 0.183 e. The second kappa shape index (κ2) is 3.65. The number of ether oxygens (including phenoxy) is 1. The Morgan fingerprint density at radius 3 is 2.25 bits per heavy atom. The molecule has 6 nitrogen and oxygen atoms in total. The molecule has 1 aliphatic heterocycles. The second-order valence-electron chi connectivity index (χ2n) is 2.81. The van der Waals surface area contributed by atoms with Crippen LogP contribution in [0.3, 0.4) is 0 Å². The van der Waals surface area contributed by atoms with Crippen LogP contribution in [0.1, 0.15) is 0 Å². The Morgan fingerprint density at radius 2 is 1.75 bits per heavy atom. The monoisotopic (exact) mass is 179 g/mol. The Bertz CT molecular complexity index is 150. The lowest BCUT2D eigenvalue weighted by molar-refractivity contribution is -0.258. The number of aliphatic hydroxyl groups is 4. The first kappa shape index (κ1) is 9.85. The summed E-state index contributed by atoms with van der Waals surface area (Å²) in [4.78, 5) is 0. The Morgan fingerprint density at radius 1 is 1.17 bits per heavy atom. The molecule has 1 saturated heterocycles. The van der Waals surface area contributed by atoms with E-state index in [0.717, 1.165) is 0 Å². The topological polar surface area (TPSA) is 116 Å². The Labute approximate surface area is 69.2 Å². The third-order valence-corrected chi connectivity index (χ3v) is 1.96. The molecule has 6 heteroatoms. The summed E-state index contributed by atoms with van der Waals surface area (Å²) in [5, 5.41) is 36.0. The van der Waals surface area contributed by atoms with E-state index in [0.29, 0.717) is 0 Å². The van der Waals surface area contributed by atoms with E-state index in [1.807, 2.05) is 0 Å². The van der Waals surface area contributed by atoms with Gasteiger partial charge < -0.3 is 30.9 Å². The predicted octanol–water partition coefficient (Wildman–Crippen LogP) is -3.25. The van der Waals surface area contributed by atoms with Gasteiger partial charge in [0, 0.05) is 0 Å². The van der Waals surface area contributed by atoms with E-state index >= 15 is 0 Å². The molecule has 0 bridgehead atoms. The van der Waals surface area contributed by atoms with Crippen LogP contribution in [0.4, 0.5) is 0 Å². The fraction of sp³-hybridized carbons (Fsp3) is 1.00. The van der Waals surface area contributed by atoms with Gasteiger partial charge in [0.2, 0.25) is 0 Å². The van der Waals surface area contributed by atoms with Crippen molar-refractivity contribution < 1.29 is 25.2 Å². The van der Waals surface area contributed by atoms with Crippen molar-refractivity contribution in [3.63, 3.8) is 0 Å². The number of nitrogens with two attached hydrogens (primary N) is 1. The van der Waals surface area contributed by atoms with Crippen molar-refractivity contribution in [2.45, 2.75) is 30.6 Å². The lowest BCUT2D eigenvalue weighted by Crippen LogP contribution is -2.62. The van der Waals surface area contributed by atoms with E-state index in [1.54, 1.807) is 0 Å². The van der Waals surface area contributed by atoms with Crippen LogP contribution in [0, 0.1) is 0 Å². The fourth-order valence-electron chi connectivity index (χ4n) is 1.13. The minimum Gasteiger partial charge on any atom is -0.394 e.